The number of likely N-dealkylation sites (N-methyl/N-ethyl adjacent to an activating group) is 1. The van der Waals surface area contributed by atoms with Gasteiger partial charge < -0.3 is 10.1 Å². The van der Waals surface area contributed by atoms with Gasteiger partial charge in [0.15, 0.2) is 0 Å². The molecule has 0 unspecified atom stereocenters. The highest BCUT2D eigenvalue weighted by atomic mass is 16.5. The van der Waals surface area contributed by atoms with Gasteiger partial charge in [-0.25, -0.2) is 0 Å². The van der Waals surface area contributed by atoms with Crippen LogP contribution in [0.2, 0.25) is 0 Å². The summed E-state index contributed by atoms with van der Waals surface area (Å²) in [5, 5.41) is 3.42. The molecule has 0 radical (unpaired) electrons. The zero-order valence-electron chi connectivity index (χ0n) is 9.59. The number of nitrogens with one attached hydrogen (secondary N) is 1. The molecule has 1 aliphatic rings. The van der Waals surface area contributed by atoms with E-state index in [4.69, 9.17) is 4.74 Å². The van der Waals surface area contributed by atoms with Gasteiger partial charge in [-0.3, -0.25) is 4.90 Å². The second kappa shape index (κ2) is 7.21. The molecular formula is C11H24N2O. The van der Waals surface area contributed by atoms with Crippen LogP contribution in [0.15, 0.2) is 0 Å². The van der Waals surface area contributed by atoms with Gasteiger partial charge in [0.2, 0.25) is 0 Å². The summed E-state index contributed by atoms with van der Waals surface area (Å²) >= 11 is 0. The summed E-state index contributed by atoms with van der Waals surface area (Å²) in [4.78, 5) is 2.59. The molecule has 1 fully saturated rings. The Bertz CT molecular complexity index is 135. The molecule has 1 saturated heterocycles. The molecule has 0 aromatic rings. The monoisotopic (exact) mass is 200 g/mol. The third-order valence-electron chi connectivity index (χ3n) is 3.00. The van der Waals surface area contributed by atoms with Crippen molar-refractivity contribution in [1.29, 1.82) is 0 Å². The zero-order valence-corrected chi connectivity index (χ0v) is 9.59. The molecule has 3 nitrogen and oxygen atoms in total. The first-order valence-corrected chi connectivity index (χ1v) is 5.82. The number of nitrogens with zero attached hydrogens (tertiary/aromatic N) is 1. The van der Waals surface area contributed by atoms with Crippen LogP contribution >= 0.6 is 0 Å². The predicted octanol–water partition coefficient (Wildman–Crippen LogP) is 1.10. The van der Waals surface area contributed by atoms with E-state index in [-0.39, 0.29) is 0 Å². The van der Waals surface area contributed by atoms with E-state index in [0.717, 1.165) is 12.6 Å². The standard InChI is InChI=1S/C11H24N2O/c1-3-13(8-4-5-9-14-2)11-6-7-12-10-11/h11-12H,3-10H2,1-2H3/t11-/m0/s1. The van der Waals surface area contributed by atoms with Crippen molar-refractivity contribution in [2.45, 2.75) is 32.2 Å². The Hall–Kier alpha value is -0.120. The molecule has 0 spiro atoms. The maximum Gasteiger partial charge on any atom is 0.0462 e. The second-order valence-corrected chi connectivity index (χ2v) is 3.98. The SMILES string of the molecule is CCN(CCCCOC)[C@H]1CCNC1. The third kappa shape index (κ3) is 3.95. The molecule has 14 heavy (non-hydrogen) atoms. The molecular weight excluding hydrogens is 176 g/mol. The molecule has 0 bridgehead atoms. The van der Waals surface area contributed by atoms with Crippen LogP contribution in [0.5, 0.6) is 0 Å². The summed E-state index contributed by atoms with van der Waals surface area (Å²) in [5.41, 5.74) is 0. The fourth-order valence-electron chi connectivity index (χ4n) is 2.11. The maximum absolute atomic E-state index is 5.05. The Morgan fingerprint density at radius 1 is 1.43 bits per heavy atom. The highest BCUT2D eigenvalue weighted by Gasteiger charge is 2.19. The molecule has 1 heterocycles. The number of hydrogen-bond donors (Lipinski definition) is 1. The van der Waals surface area contributed by atoms with Gasteiger partial charge in [0.1, 0.15) is 0 Å². The Labute approximate surface area is 87.8 Å². The first-order chi connectivity index (χ1) is 6.88. The lowest BCUT2D eigenvalue weighted by atomic mass is 10.2. The summed E-state index contributed by atoms with van der Waals surface area (Å²) in [7, 11) is 1.78. The highest BCUT2D eigenvalue weighted by molar-refractivity contribution is 4.79. The lowest BCUT2D eigenvalue weighted by Gasteiger charge is -2.26. The lowest BCUT2D eigenvalue weighted by Crippen LogP contribution is -2.37. The lowest BCUT2D eigenvalue weighted by molar-refractivity contribution is 0.174. The van der Waals surface area contributed by atoms with Crippen molar-refractivity contribution in [3.63, 3.8) is 0 Å². The number of unbranched alkanes of at least 4 members (excludes halogenated alkanes) is 1. The van der Waals surface area contributed by atoms with E-state index < -0.39 is 0 Å². The highest BCUT2D eigenvalue weighted by Crippen LogP contribution is 2.09. The van der Waals surface area contributed by atoms with Crippen LogP contribution in [0, 0.1) is 0 Å². The molecule has 3 heteroatoms. The molecule has 1 atom stereocenters. The maximum atomic E-state index is 5.05. The summed E-state index contributed by atoms with van der Waals surface area (Å²) in [6.45, 7) is 7.94. The van der Waals surface area contributed by atoms with E-state index in [2.05, 4.69) is 17.1 Å². The quantitative estimate of drug-likeness (QED) is 0.623. The van der Waals surface area contributed by atoms with Crippen molar-refractivity contribution in [3.8, 4) is 0 Å². The Balaban J connectivity index is 2.11. The Morgan fingerprint density at radius 2 is 2.29 bits per heavy atom. The first-order valence-electron chi connectivity index (χ1n) is 5.82. The minimum atomic E-state index is 0.780. The molecule has 0 saturated carbocycles. The van der Waals surface area contributed by atoms with E-state index in [1.807, 2.05) is 0 Å². The van der Waals surface area contributed by atoms with E-state index in [0.29, 0.717) is 0 Å². The van der Waals surface area contributed by atoms with Crippen LogP contribution in [0.3, 0.4) is 0 Å². The topological polar surface area (TPSA) is 24.5 Å². The van der Waals surface area contributed by atoms with Gasteiger partial charge in [0, 0.05) is 26.3 Å². The van der Waals surface area contributed by atoms with Crippen molar-refractivity contribution in [3.05, 3.63) is 0 Å². The summed E-state index contributed by atoms with van der Waals surface area (Å²) in [6.07, 6.45) is 3.77. The number of hydrogen-bond acceptors (Lipinski definition) is 3. The summed E-state index contributed by atoms with van der Waals surface area (Å²) in [6, 6.07) is 0.780. The van der Waals surface area contributed by atoms with E-state index in [1.165, 1.54) is 45.4 Å². The van der Waals surface area contributed by atoms with Crippen molar-refractivity contribution in [2.24, 2.45) is 0 Å². The van der Waals surface area contributed by atoms with Crippen LogP contribution in [0.25, 0.3) is 0 Å². The van der Waals surface area contributed by atoms with Crippen molar-refractivity contribution in [2.75, 3.05) is 39.9 Å². The molecule has 0 amide bonds. The fraction of sp³-hybridized carbons (Fsp3) is 1.00. The van der Waals surface area contributed by atoms with Crippen LogP contribution < -0.4 is 5.32 Å². The molecule has 1 aliphatic heterocycles. The van der Waals surface area contributed by atoms with Gasteiger partial charge in [-0.2, -0.15) is 0 Å². The molecule has 1 rings (SSSR count). The molecule has 0 aromatic carbocycles. The number of rotatable bonds is 7. The van der Waals surface area contributed by atoms with Gasteiger partial charge in [-0.1, -0.05) is 6.92 Å². The van der Waals surface area contributed by atoms with Gasteiger partial charge >= 0.3 is 0 Å². The van der Waals surface area contributed by atoms with E-state index in [1.54, 1.807) is 7.11 Å². The van der Waals surface area contributed by atoms with Gasteiger partial charge in [-0.05, 0) is 38.9 Å². The summed E-state index contributed by atoms with van der Waals surface area (Å²) < 4.78 is 5.05. The van der Waals surface area contributed by atoms with Gasteiger partial charge in [0.05, 0.1) is 0 Å². The van der Waals surface area contributed by atoms with Crippen molar-refractivity contribution >= 4 is 0 Å². The number of ether oxygens (including phenoxy) is 1. The first kappa shape index (κ1) is 12.0. The third-order valence-corrected chi connectivity index (χ3v) is 3.00. The smallest absolute Gasteiger partial charge is 0.0462 e. The Kier molecular flexibility index (Phi) is 6.15. The van der Waals surface area contributed by atoms with Crippen LogP contribution in [-0.4, -0.2) is 50.8 Å². The van der Waals surface area contributed by atoms with E-state index >= 15 is 0 Å². The van der Waals surface area contributed by atoms with Crippen molar-refractivity contribution in [1.82, 2.24) is 10.2 Å². The number of methoxy groups -OCH3 is 1. The van der Waals surface area contributed by atoms with Gasteiger partial charge in [-0.15, -0.1) is 0 Å². The largest absolute Gasteiger partial charge is 0.385 e. The Morgan fingerprint density at radius 3 is 2.86 bits per heavy atom. The minimum absolute atomic E-state index is 0.780. The van der Waals surface area contributed by atoms with Gasteiger partial charge in [0.25, 0.3) is 0 Å². The minimum Gasteiger partial charge on any atom is -0.385 e. The predicted molar refractivity (Wildman–Crippen MR) is 59.6 cm³/mol. The average molecular weight is 200 g/mol. The average Bonchev–Trinajstić information content (AvgIpc) is 2.71. The molecule has 1 N–H and O–H groups in total. The fourth-order valence-corrected chi connectivity index (χ4v) is 2.11. The van der Waals surface area contributed by atoms with Crippen molar-refractivity contribution < 1.29 is 4.74 Å². The van der Waals surface area contributed by atoms with E-state index in [9.17, 15) is 0 Å². The van der Waals surface area contributed by atoms with Crippen LogP contribution in [0.1, 0.15) is 26.2 Å². The molecule has 84 valence electrons. The summed E-state index contributed by atoms with van der Waals surface area (Å²) in [5.74, 6) is 0. The second-order valence-electron chi connectivity index (χ2n) is 3.98. The zero-order chi connectivity index (χ0) is 10.2. The molecule has 0 aliphatic carbocycles. The van der Waals surface area contributed by atoms with Crippen LogP contribution in [0.4, 0.5) is 0 Å². The normalized spacial score (nSPS) is 22.1. The van der Waals surface area contributed by atoms with Crippen LogP contribution in [-0.2, 0) is 4.74 Å². The molecule has 0 aromatic heterocycles.